The second kappa shape index (κ2) is 8.77. The molecule has 9 heteroatoms. The van der Waals surface area contributed by atoms with Gasteiger partial charge in [-0.25, -0.2) is 16.8 Å². The van der Waals surface area contributed by atoms with Crippen LogP contribution >= 0.6 is 0 Å². The Kier molecular flexibility index (Phi) is 7.08. The molecule has 0 N–H and O–H groups in total. The van der Waals surface area contributed by atoms with Crippen LogP contribution in [0.15, 0.2) is 44.7 Å². The maximum absolute atomic E-state index is 13.3. The molecule has 0 saturated carbocycles. The number of hydrogen-bond acceptors (Lipinski definition) is 5. The van der Waals surface area contributed by atoms with Gasteiger partial charge in [-0.2, -0.15) is 8.61 Å². The van der Waals surface area contributed by atoms with Crippen molar-refractivity contribution in [2.45, 2.75) is 44.4 Å². The summed E-state index contributed by atoms with van der Waals surface area (Å²) in [6, 6.07) is 6.10. The van der Waals surface area contributed by atoms with Gasteiger partial charge in [0.2, 0.25) is 20.0 Å². The third-order valence-electron chi connectivity index (χ3n) is 4.71. The van der Waals surface area contributed by atoms with Crippen LogP contribution in [-0.2, 0) is 20.0 Å². The Bertz CT molecular complexity index is 1000. The van der Waals surface area contributed by atoms with E-state index in [0.717, 1.165) is 0 Å². The van der Waals surface area contributed by atoms with Crippen LogP contribution in [0.5, 0.6) is 0 Å². The Labute approximate surface area is 168 Å². The molecule has 0 saturated heterocycles. The summed E-state index contributed by atoms with van der Waals surface area (Å²) in [5.41, 5.74) is 0.907. The predicted molar refractivity (Wildman–Crippen MR) is 109 cm³/mol. The van der Waals surface area contributed by atoms with Crippen molar-refractivity contribution in [3.05, 3.63) is 36.1 Å². The third kappa shape index (κ3) is 4.03. The standard InChI is InChI=1S/C19H28N2O5S2/c1-6-20(7-2)27(22,23)16-13-15(5)19(17-11-10-12-26-17)18(14-16)28(24,25)21(8-3)9-4/h10-14H,6-9H2,1-5H3. The van der Waals surface area contributed by atoms with E-state index in [0.29, 0.717) is 30.0 Å². The number of benzene rings is 1. The largest absolute Gasteiger partial charge is 0.464 e. The van der Waals surface area contributed by atoms with Crippen molar-refractivity contribution < 1.29 is 21.3 Å². The molecule has 0 amide bonds. The van der Waals surface area contributed by atoms with Gasteiger partial charge in [0.15, 0.2) is 0 Å². The molecule has 28 heavy (non-hydrogen) atoms. The molecule has 0 spiro atoms. The van der Waals surface area contributed by atoms with Crippen molar-refractivity contribution in [2.75, 3.05) is 26.2 Å². The Morgan fingerprint density at radius 2 is 1.39 bits per heavy atom. The van der Waals surface area contributed by atoms with E-state index in [9.17, 15) is 16.8 Å². The lowest BCUT2D eigenvalue weighted by Crippen LogP contribution is -2.33. The Balaban J connectivity index is 2.86. The van der Waals surface area contributed by atoms with Crippen LogP contribution in [0.4, 0.5) is 0 Å². The van der Waals surface area contributed by atoms with Gasteiger partial charge in [0.05, 0.1) is 16.1 Å². The molecule has 0 bridgehead atoms. The zero-order chi connectivity index (χ0) is 21.1. The second-order valence-corrected chi connectivity index (χ2v) is 10.1. The first-order valence-electron chi connectivity index (χ1n) is 9.33. The lowest BCUT2D eigenvalue weighted by atomic mass is 10.1. The molecule has 0 unspecified atom stereocenters. The highest BCUT2D eigenvalue weighted by atomic mass is 32.2. The van der Waals surface area contributed by atoms with Crippen LogP contribution in [0.25, 0.3) is 11.3 Å². The van der Waals surface area contributed by atoms with Gasteiger partial charge in [0, 0.05) is 31.7 Å². The van der Waals surface area contributed by atoms with Gasteiger partial charge >= 0.3 is 0 Å². The zero-order valence-electron chi connectivity index (χ0n) is 17.0. The molecular weight excluding hydrogens is 400 g/mol. The summed E-state index contributed by atoms with van der Waals surface area (Å²) in [5.74, 6) is 0.384. The molecule has 0 aliphatic heterocycles. The minimum atomic E-state index is -3.91. The smallest absolute Gasteiger partial charge is 0.243 e. The van der Waals surface area contributed by atoms with Gasteiger partial charge in [-0.3, -0.25) is 0 Å². The van der Waals surface area contributed by atoms with Crippen molar-refractivity contribution in [3.8, 4) is 11.3 Å². The maximum atomic E-state index is 13.3. The van der Waals surface area contributed by atoms with E-state index in [1.807, 2.05) is 0 Å². The highest BCUT2D eigenvalue weighted by Crippen LogP contribution is 2.35. The minimum Gasteiger partial charge on any atom is -0.464 e. The first kappa shape index (κ1) is 22.6. The first-order valence-corrected chi connectivity index (χ1v) is 12.2. The number of rotatable bonds is 9. The molecule has 0 aliphatic rings. The molecule has 156 valence electrons. The number of sulfonamides is 2. The molecular formula is C19H28N2O5S2. The van der Waals surface area contributed by atoms with Crippen molar-refractivity contribution in [1.29, 1.82) is 0 Å². The van der Waals surface area contributed by atoms with Gasteiger partial charge in [-0.15, -0.1) is 0 Å². The van der Waals surface area contributed by atoms with Crippen molar-refractivity contribution >= 4 is 20.0 Å². The highest BCUT2D eigenvalue weighted by Gasteiger charge is 2.31. The van der Waals surface area contributed by atoms with Crippen LogP contribution in [0, 0.1) is 6.92 Å². The monoisotopic (exact) mass is 428 g/mol. The molecule has 1 aromatic heterocycles. The van der Waals surface area contributed by atoms with E-state index in [1.54, 1.807) is 46.8 Å². The predicted octanol–water partition coefficient (Wildman–Crippen LogP) is 3.32. The highest BCUT2D eigenvalue weighted by molar-refractivity contribution is 7.90. The van der Waals surface area contributed by atoms with Crippen molar-refractivity contribution in [1.82, 2.24) is 8.61 Å². The van der Waals surface area contributed by atoms with Crippen LogP contribution in [-0.4, -0.2) is 51.6 Å². The van der Waals surface area contributed by atoms with E-state index < -0.39 is 20.0 Å². The van der Waals surface area contributed by atoms with Crippen molar-refractivity contribution in [3.63, 3.8) is 0 Å². The molecule has 1 aromatic carbocycles. The fraction of sp³-hybridized carbons (Fsp3) is 0.474. The first-order chi connectivity index (χ1) is 13.1. The maximum Gasteiger partial charge on any atom is 0.243 e. The molecule has 2 rings (SSSR count). The lowest BCUT2D eigenvalue weighted by Gasteiger charge is -2.23. The molecule has 0 radical (unpaired) electrons. The van der Waals surface area contributed by atoms with Gasteiger partial charge in [0.25, 0.3) is 0 Å². The Morgan fingerprint density at radius 1 is 0.857 bits per heavy atom. The molecule has 0 fully saturated rings. The normalized spacial score (nSPS) is 12.8. The second-order valence-electron chi connectivity index (χ2n) is 6.27. The summed E-state index contributed by atoms with van der Waals surface area (Å²) in [4.78, 5) is -0.0911. The molecule has 2 aromatic rings. The number of furan rings is 1. The molecule has 0 aliphatic carbocycles. The minimum absolute atomic E-state index is 0.0327. The zero-order valence-corrected chi connectivity index (χ0v) is 18.6. The van der Waals surface area contributed by atoms with Gasteiger partial charge < -0.3 is 4.42 Å². The number of nitrogens with zero attached hydrogens (tertiary/aromatic N) is 2. The van der Waals surface area contributed by atoms with E-state index in [2.05, 4.69) is 0 Å². The SMILES string of the molecule is CCN(CC)S(=O)(=O)c1cc(C)c(-c2ccco2)c(S(=O)(=O)N(CC)CC)c1. The Hall–Kier alpha value is -1.68. The summed E-state index contributed by atoms with van der Waals surface area (Å²) in [7, 11) is -7.72. The third-order valence-corrected chi connectivity index (χ3v) is 8.81. The van der Waals surface area contributed by atoms with Crippen LogP contribution in [0.1, 0.15) is 33.3 Å². The average molecular weight is 429 g/mol. The fourth-order valence-corrected chi connectivity index (χ4v) is 6.63. The summed E-state index contributed by atoms with van der Waals surface area (Å²) in [6.45, 7) is 9.85. The van der Waals surface area contributed by atoms with Gasteiger partial charge in [-0.1, -0.05) is 27.7 Å². The Morgan fingerprint density at radius 3 is 1.86 bits per heavy atom. The van der Waals surface area contributed by atoms with E-state index >= 15 is 0 Å². The molecule has 7 nitrogen and oxygen atoms in total. The quantitative estimate of drug-likeness (QED) is 0.611. The van der Waals surface area contributed by atoms with Crippen LogP contribution < -0.4 is 0 Å². The van der Waals surface area contributed by atoms with E-state index in [1.165, 1.54) is 27.0 Å². The van der Waals surface area contributed by atoms with Crippen LogP contribution in [0.3, 0.4) is 0 Å². The molecule has 1 heterocycles. The van der Waals surface area contributed by atoms with Gasteiger partial charge in [-0.05, 0) is 36.8 Å². The molecule has 0 atom stereocenters. The average Bonchev–Trinajstić information content (AvgIpc) is 3.16. The van der Waals surface area contributed by atoms with E-state index in [-0.39, 0.29) is 22.9 Å². The lowest BCUT2D eigenvalue weighted by molar-refractivity contribution is 0.443. The topological polar surface area (TPSA) is 87.9 Å². The number of aryl methyl sites for hydroxylation is 1. The van der Waals surface area contributed by atoms with E-state index in [4.69, 9.17) is 4.42 Å². The fourth-order valence-electron chi connectivity index (χ4n) is 3.23. The summed E-state index contributed by atoms with van der Waals surface area (Å²) in [6.07, 6.45) is 1.46. The van der Waals surface area contributed by atoms with Crippen molar-refractivity contribution in [2.24, 2.45) is 0 Å². The van der Waals surface area contributed by atoms with Gasteiger partial charge in [0.1, 0.15) is 5.76 Å². The summed E-state index contributed by atoms with van der Waals surface area (Å²) in [5, 5.41) is 0. The summed E-state index contributed by atoms with van der Waals surface area (Å²) < 4.78 is 60.8. The number of hydrogen-bond donors (Lipinski definition) is 0. The van der Waals surface area contributed by atoms with Crippen LogP contribution in [0.2, 0.25) is 0 Å². The summed E-state index contributed by atoms with van der Waals surface area (Å²) >= 11 is 0.